The predicted molar refractivity (Wildman–Crippen MR) is 89.4 cm³/mol. The molecule has 0 saturated carbocycles. The molecule has 0 radical (unpaired) electrons. The molecule has 1 N–H and O–H groups in total. The quantitative estimate of drug-likeness (QED) is 0.934. The first kappa shape index (κ1) is 15.4. The highest BCUT2D eigenvalue weighted by molar-refractivity contribution is 7.12. The van der Waals surface area contributed by atoms with Gasteiger partial charge >= 0.3 is 0 Å². The summed E-state index contributed by atoms with van der Waals surface area (Å²) in [4.78, 5) is 15.5. The summed E-state index contributed by atoms with van der Waals surface area (Å²) in [5, 5.41) is 10.5. The van der Waals surface area contributed by atoms with Gasteiger partial charge in [-0.3, -0.25) is 9.88 Å². The van der Waals surface area contributed by atoms with Crippen molar-refractivity contribution in [2.45, 2.75) is 20.0 Å². The number of aliphatic hydroxyl groups excluding tert-OH is 1. The smallest absolute Gasteiger partial charge is 0.147 e. The number of β-amino-alcohol motifs (C(OH)–C–C–N with tert-alkyl or cyclic N) is 1. The van der Waals surface area contributed by atoms with Gasteiger partial charge in [-0.25, -0.2) is 4.98 Å². The lowest BCUT2D eigenvalue weighted by atomic mass is 10.1. The summed E-state index contributed by atoms with van der Waals surface area (Å²) in [6, 6.07) is 2.11. The number of thiophene rings is 1. The summed E-state index contributed by atoms with van der Waals surface area (Å²) in [7, 11) is 0. The third kappa shape index (κ3) is 3.45. The number of nitrogens with zero attached hydrogens (tertiary/aromatic N) is 4. The number of anilines is 1. The number of piperazine rings is 1. The van der Waals surface area contributed by atoms with Crippen LogP contribution in [0.2, 0.25) is 0 Å². The van der Waals surface area contributed by atoms with Gasteiger partial charge in [0.1, 0.15) is 5.82 Å². The second kappa shape index (κ2) is 6.73. The van der Waals surface area contributed by atoms with Crippen molar-refractivity contribution in [2.75, 3.05) is 37.6 Å². The van der Waals surface area contributed by atoms with E-state index in [0.29, 0.717) is 6.54 Å². The molecule has 5 nitrogen and oxygen atoms in total. The maximum absolute atomic E-state index is 10.5. The SMILES string of the molecule is Cc1cc(C(O)CN2CCN(c3cnccn3)CC2)c(C)s1. The molecule has 1 aliphatic heterocycles. The Bertz CT molecular complexity index is 608. The third-order valence-electron chi connectivity index (χ3n) is 4.12. The first-order valence-electron chi connectivity index (χ1n) is 7.62. The van der Waals surface area contributed by atoms with Crippen molar-refractivity contribution >= 4 is 17.2 Å². The molecule has 1 saturated heterocycles. The molecule has 0 amide bonds. The average molecular weight is 318 g/mol. The molecule has 2 aromatic heterocycles. The zero-order valence-corrected chi connectivity index (χ0v) is 13.9. The molecule has 22 heavy (non-hydrogen) atoms. The van der Waals surface area contributed by atoms with Crippen molar-refractivity contribution in [3.63, 3.8) is 0 Å². The topological polar surface area (TPSA) is 52.5 Å². The van der Waals surface area contributed by atoms with Crippen LogP contribution in [0, 0.1) is 13.8 Å². The molecular weight excluding hydrogens is 296 g/mol. The number of aliphatic hydroxyl groups is 1. The summed E-state index contributed by atoms with van der Waals surface area (Å²) in [5.74, 6) is 0.937. The monoisotopic (exact) mass is 318 g/mol. The highest BCUT2D eigenvalue weighted by Gasteiger charge is 2.22. The minimum Gasteiger partial charge on any atom is -0.387 e. The van der Waals surface area contributed by atoms with Crippen LogP contribution in [0.15, 0.2) is 24.7 Å². The van der Waals surface area contributed by atoms with E-state index in [1.54, 1.807) is 23.7 Å². The van der Waals surface area contributed by atoms with Crippen LogP contribution in [-0.4, -0.2) is 52.7 Å². The largest absolute Gasteiger partial charge is 0.387 e. The number of aromatic nitrogens is 2. The van der Waals surface area contributed by atoms with Crippen LogP contribution in [0.1, 0.15) is 21.4 Å². The molecule has 3 heterocycles. The lowest BCUT2D eigenvalue weighted by Gasteiger charge is -2.36. The van der Waals surface area contributed by atoms with Crippen molar-refractivity contribution in [3.8, 4) is 0 Å². The van der Waals surface area contributed by atoms with Crippen LogP contribution in [0.25, 0.3) is 0 Å². The van der Waals surface area contributed by atoms with Crippen LogP contribution >= 0.6 is 11.3 Å². The average Bonchev–Trinajstić information content (AvgIpc) is 2.88. The van der Waals surface area contributed by atoms with Gasteiger partial charge in [0.05, 0.1) is 12.3 Å². The van der Waals surface area contributed by atoms with E-state index in [2.05, 4.69) is 39.7 Å². The van der Waals surface area contributed by atoms with Crippen molar-refractivity contribution in [3.05, 3.63) is 40.0 Å². The molecule has 2 aromatic rings. The van der Waals surface area contributed by atoms with Gasteiger partial charge in [0.25, 0.3) is 0 Å². The van der Waals surface area contributed by atoms with Gasteiger partial charge in [0, 0.05) is 54.9 Å². The van der Waals surface area contributed by atoms with Crippen molar-refractivity contribution < 1.29 is 5.11 Å². The van der Waals surface area contributed by atoms with E-state index in [9.17, 15) is 5.11 Å². The Morgan fingerprint density at radius 2 is 2.00 bits per heavy atom. The van der Waals surface area contributed by atoms with Crippen LogP contribution in [-0.2, 0) is 0 Å². The molecule has 1 atom stereocenters. The maximum Gasteiger partial charge on any atom is 0.147 e. The fourth-order valence-corrected chi connectivity index (χ4v) is 3.92. The first-order chi connectivity index (χ1) is 10.6. The summed E-state index contributed by atoms with van der Waals surface area (Å²) in [5.41, 5.74) is 1.08. The van der Waals surface area contributed by atoms with E-state index in [4.69, 9.17) is 0 Å². The molecule has 1 unspecified atom stereocenters. The van der Waals surface area contributed by atoms with Crippen molar-refractivity contribution in [1.82, 2.24) is 14.9 Å². The molecule has 118 valence electrons. The van der Waals surface area contributed by atoms with Gasteiger partial charge in [0.15, 0.2) is 0 Å². The van der Waals surface area contributed by atoms with Crippen molar-refractivity contribution in [1.29, 1.82) is 0 Å². The van der Waals surface area contributed by atoms with Gasteiger partial charge in [-0.1, -0.05) is 0 Å². The van der Waals surface area contributed by atoms with E-state index < -0.39 is 6.10 Å². The highest BCUT2D eigenvalue weighted by Crippen LogP contribution is 2.27. The fourth-order valence-electron chi connectivity index (χ4n) is 2.94. The maximum atomic E-state index is 10.5. The molecule has 3 rings (SSSR count). The van der Waals surface area contributed by atoms with E-state index in [-0.39, 0.29) is 0 Å². The Hall–Kier alpha value is -1.50. The Kier molecular flexibility index (Phi) is 4.71. The first-order valence-corrected chi connectivity index (χ1v) is 8.43. The fraction of sp³-hybridized carbons (Fsp3) is 0.500. The minimum absolute atomic E-state index is 0.395. The normalized spacial score (nSPS) is 17.7. The Balaban J connectivity index is 1.55. The Morgan fingerprint density at radius 1 is 1.23 bits per heavy atom. The van der Waals surface area contributed by atoms with E-state index in [1.165, 1.54) is 9.75 Å². The van der Waals surface area contributed by atoms with Crippen LogP contribution in [0.4, 0.5) is 5.82 Å². The highest BCUT2D eigenvalue weighted by atomic mass is 32.1. The molecule has 0 aliphatic carbocycles. The summed E-state index contributed by atoms with van der Waals surface area (Å²) >= 11 is 1.76. The summed E-state index contributed by atoms with van der Waals surface area (Å²) in [6.45, 7) is 8.60. The Morgan fingerprint density at radius 3 is 2.59 bits per heavy atom. The molecule has 6 heteroatoms. The zero-order valence-electron chi connectivity index (χ0n) is 13.1. The molecule has 1 aliphatic rings. The lowest BCUT2D eigenvalue weighted by Crippen LogP contribution is -2.47. The Labute approximate surface area is 135 Å². The summed E-state index contributed by atoms with van der Waals surface area (Å²) in [6.07, 6.45) is 4.84. The predicted octanol–water partition coefficient (Wildman–Crippen LogP) is 2.01. The molecular formula is C16H22N4OS. The number of hydrogen-bond acceptors (Lipinski definition) is 6. The molecule has 0 spiro atoms. The van der Waals surface area contributed by atoms with Crippen LogP contribution in [0.5, 0.6) is 0 Å². The van der Waals surface area contributed by atoms with Gasteiger partial charge < -0.3 is 10.0 Å². The summed E-state index contributed by atoms with van der Waals surface area (Å²) < 4.78 is 0. The van der Waals surface area contributed by atoms with E-state index in [0.717, 1.165) is 37.6 Å². The van der Waals surface area contributed by atoms with E-state index >= 15 is 0 Å². The van der Waals surface area contributed by atoms with Gasteiger partial charge in [0.2, 0.25) is 0 Å². The van der Waals surface area contributed by atoms with Gasteiger partial charge in [-0.2, -0.15) is 0 Å². The molecule has 0 aromatic carbocycles. The minimum atomic E-state index is -0.395. The molecule has 0 bridgehead atoms. The van der Waals surface area contributed by atoms with Gasteiger partial charge in [-0.15, -0.1) is 11.3 Å². The number of rotatable bonds is 4. The lowest BCUT2D eigenvalue weighted by molar-refractivity contribution is 0.109. The second-order valence-electron chi connectivity index (χ2n) is 5.74. The van der Waals surface area contributed by atoms with E-state index in [1.807, 2.05) is 6.20 Å². The van der Waals surface area contributed by atoms with Gasteiger partial charge in [-0.05, 0) is 25.5 Å². The third-order valence-corrected chi connectivity index (χ3v) is 5.10. The number of hydrogen-bond donors (Lipinski definition) is 1. The molecule has 1 fully saturated rings. The zero-order chi connectivity index (χ0) is 15.5. The number of aryl methyl sites for hydroxylation is 2. The van der Waals surface area contributed by atoms with Crippen LogP contribution in [0.3, 0.4) is 0 Å². The standard InChI is InChI=1S/C16H22N4OS/c1-12-9-14(13(2)22-12)15(21)11-19-5-7-20(8-6-19)16-10-17-3-4-18-16/h3-4,9-10,15,21H,5-8,11H2,1-2H3. The van der Waals surface area contributed by atoms with Crippen LogP contribution < -0.4 is 4.90 Å². The second-order valence-corrected chi connectivity index (χ2v) is 7.20. The van der Waals surface area contributed by atoms with Crippen molar-refractivity contribution in [2.24, 2.45) is 0 Å².